The lowest BCUT2D eigenvalue weighted by Gasteiger charge is -2.27. The first-order chi connectivity index (χ1) is 24.5. The number of amides is 5. The van der Waals surface area contributed by atoms with E-state index >= 15 is 0 Å². The molecule has 4 aromatic rings. The fourth-order valence-corrected chi connectivity index (χ4v) is 6.03. The highest BCUT2D eigenvalue weighted by Gasteiger charge is 2.44. The summed E-state index contributed by atoms with van der Waals surface area (Å²) in [6.45, 7) is 5.54. The first kappa shape index (κ1) is 34.7. The zero-order chi connectivity index (χ0) is 36.1. The van der Waals surface area contributed by atoms with E-state index in [9.17, 15) is 24.0 Å². The molecule has 0 radical (unpaired) electrons. The Balaban J connectivity index is 0.963. The second-order valence-electron chi connectivity index (χ2n) is 12.7. The average molecular weight is 691 g/mol. The molecule has 1 atom stereocenters. The highest BCUT2D eigenvalue weighted by molar-refractivity contribution is 6.23. The Hall–Kier alpha value is -6.11. The van der Waals surface area contributed by atoms with Crippen LogP contribution in [0.1, 0.15) is 81.3 Å². The zero-order valence-corrected chi connectivity index (χ0v) is 28.5. The summed E-state index contributed by atoms with van der Waals surface area (Å²) >= 11 is 0. The van der Waals surface area contributed by atoms with Gasteiger partial charge < -0.3 is 20.1 Å². The van der Waals surface area contributed by atoms with Crippen LogP contribution in [0.5, 0.6) is 11.5 Å². The lowest BCUT2D eigenvalue weighted by molar-refractivity contribution is -0.136. The third-order valence-corrected chi connectivity index (χ3v) is 9.04. The molecule has 6 rings (SSSR count). The topological polar surface area (TPSA) is 169 Å². The van der Waals surface area contributed by atoms with Crippen LogP contribution in [0.3, 0.4) is 0 Å². The number of nitrogens with zero attached hydrogens (tertiary/aromatic N) is 3. The summed E-state index contributed by atoms with van der Waals surface area (Å²) in [5, 5.41) is 7.98. The number of aromatic nitrogens is 2. The number of carbonyl (C=O) groups excluding carboxylic acids is 5. The summed E-state index contributed by atoms with van der Waals surface area (Å²) in [5.74, 6) is -0.936. The number of fused-ring (bicyclic) bond motifs is 1. The number of hydrogen-bond donors (Lipinski definition) is 3. The van der Waals surface area contributed by atoms with Crippen molar-refractivity contribution in [1.82, 2.24) is 25.5 Å². The van der Waals surface area contributed by atoms with Crippen molar-refractivity contribution in [2.24, 2.45) is 0 Å². The van der Waals surface area contributed by atoms with Gasteiger partial charge in [-0.3, -0.25) is 34.2 Å². The molecule has 1 fully saturated rings. The van der Waals surface area contributed by atoms with Crippen LogP contribution in [0.25, 0.3) is 0 Å². The minimum Gasteiger partial charge on any atom is -0.494 e. The van der Waals surface area contributed by atoms with Crippen LogP contribution in [0.4, 0.5) is 5.69 Å². The number of rotatable bonds is 13. The summed E-state index contributed by atoms with van der Waals surface area (Å²) in [6.07, 6.45) is 2.40. The van der Waals surface area contributed by atoms with Crippen LogP contribution in [-0.2, 0) is 21.6 Å². The number of anilines is 1. The van der Waals surface area contributed by atoms with Gasteiger partial charge in [0.1, 0.15) is 24.1 Å². The van der Waals surface area contributed by atoms with Crippen LogP contribution >= 0.6 is 0 Å². The lowest BCUT2D eigenvalue weighted by atomic mass is 9.78. The van der Waals surface area contributed by atoms with Gasteiger partial charge in [0.15, 0.2) is 0 Å². The molecule has 13 nitrogen and oxygen atoms in total. The molecule has 2 aliphatic rings. The van der Waals surface area contributed by atoms with Gasteiger partial charge in [0, 0.05) is 37.3 Å². The number of nitrogens with one attached hydrogen (secondary N) is 3. The zero-order valence-electron chi connectivity index (χ0n) is 28.5. The number of benzene rings is 3. The SMILES string of the molecule is CNC(=O)c1nccc(COc2ccc(C(C)(C)c3ccc(OCCCNc4ccc5c(c4)C(=O)N(C4CCC(=O)NC4=O)C5=O)cc3)cc2)n1. The summed E-state index contributed by atoms with van der Waals surface area (Å²) in [5.41, 5.74) is 3.70. The van der Waals surface area contributed by atoms with Gasteiger partial charge in [-0.05, 0) is 72.5 Å². The maximum atomic E-state index is 13.1. The Morgan fingerprint density at radius 1 is 0.902 bits per heavy atom. The van der Waals surface area contributed by atoms with E-state index < -0.39 is 29.7 Å². The molecular formula is C38H38N6O7. The smallest absolute Gasteiger partial charge is 0.288 e. The minimum atomic E-state index is -0.994. The van der Waals surface area contributed by atoms with Crippen molar-refractivity contribution in [3.63, 3.8) is 0 Å². The molecule has 0 bridgehead atoms. The van der Waals surface area contributed by atoms with Gasteiger partial charge in [-0.15, -0.1) is 0 Å². The van der Waals surface area contributed by atoms with E-state index in [1.165, 1.54) is 13.2 Å². The third kappa shape index (κ3) is 7.57. The van der Waals surface area contributed by atoms with E-state index in [1.807, 2.05) is 36.4 Å². The average Bonchev–Trinajstić information content (AvgIpc) is 3.38. The van der Waals surface area contributed by atoms with Gasteiger partial charge in [0.2, 0.25) is 17.6 Å². The van der Waals surface area contributed by atoms with E-state index in [0.29, 0.717) is 36.7 Å². The molecule has 13 heteroatoms. The maximum Gasteiger partial charge on any atom is 0.288 e. The quantitative estimate of drug-likeness (QED) is 0.138. The minimum absolute atomic E-state index is 0.0741. The lowest BCUT2D eigenvalue weighted by Crippen LogP contribution is -2.54. The maximum absolute atomic E-state index is 13.1. The number of ether oxygens (including phenoxy) is 2. The highest BCUT2D eigenvalue weighted by Crippen LogP contribution is 2.34. The predicted octanol–water partition coefficient (Wildman–Crippen LogP) is 4.02. The van der Waals surface area contributed by atoms with E-state index in [1.54, 1.807) is 24.3 Å². The third-order valence-electron chi connectivity index (χ3n) is 9.04. The molecule has 5 amide bonds. The van der Waals surface area contributed by atoms with Gasteiger partial charge in [-0.2, -0.15) is 0 Å². The van der Waals surface area contributed by atoms with Gasteiger partial charge in [-0.25, -0.2) is 9.97 Å². The summed E-state index contributed by atoms with van der Waals surface area (Å²) in [6, 6.07) is 21.6. The Bertz CT molecular complexity index is 1980. The molecule has 3 aromatic carbocycles. The number of hydrogen-bond acceptors (Lipinski definition) is 10. The van der Waals surface area contributed by atoms with Crippen molar-refractivity contribution in [2.45, 2.75) is 51.2 Å². The highest BCUT2D eigenvalue weighted by atomic mass is 16.5. The van der Waals surface area contributed by atoms with E-state index in [4.69, 9.17) is 9.47 Å². The van der Waals surface area contributed by atoms with Gasteiger partial charge >= 0.3 is 0 Å². The van der Waals surface area contributed by atoms with Crippen LogP contribution in [0.2, 0.25) is 0 Å². The Morgan fingerprint density at radius 3 is 2.24 bits per heavy atom. The van der Waals surface area contributed by atoms with Crippen LogP contribution in [-0.4, -0.2) is 70.6 Å². The van der Waals surface area contributed by atoms with Gasteiger partial charge in [0.05, 0.1) is 23.4 Å². The molecule has 1 aromatic heterocycles. The Labute approximate surface area is 294 Å². The molecule has 3 heterocycles. The van der Waals surface area contributed by atoms with E-state index in [0.717, 1.165) is 21.8 Å². The fraction of sp³-hybridized carbons (Fsp3) is 0.289. The molecule has 0 spiro atoms. The second kappa shape index (κ2) is 14.8. The molecule has 0 aliphatic carbocycles. The molecule has 262 valence electrons. The Kier molecular flexibility index (Phi) is 10.1. The normalized spacial score (nSPS) is 15.7. The molecule has 0 saturated carbocycles. The van der Waals surface area contributed by atoms with Crippen molar-refractivity contribution in [2.75, 3.05) is 25.5 Å². The van der Waals surface area contributed by atoms with Crippen LogP contribution in [0.15, 0.2) is 79.0 Å². The van der Waals surface area contributed by atoms with Crippen molar-refractivity contribution in [3.05, 3.63) is 113 Å². The summed E-state index contributed by atoms with van der Waals surface area (Å²) in [7, 11) is 1.53. The summed E-state index contributed by atoms with van der Waals surface area (Å²) in [4.78, 5) is 70.8. The van der Waals surface area contributed by atoms with E-state index in [2.05, 4.69) is 51.9 Å². The van der Waals surface area contributed by atoms with Crippen molar-refractivity contribution in [3.8, 4) is 11.5 Å². The molecule has 1 unspecified atom stereocenters. The molecule has 3 N–H and O–H groups in total. The fourth-order valence-electron chi connectivity index (χ4n) is 6.03. The van der Waals surface area contributed by atoms with Crippen molar-refractivity contribution >= 4 is 35.2 Å². The Morgan fingerprint density at radius 2 is 1.57 bits per heavy atom. The largest absolute Gasteiger partial charge is 0.494 e. The molecular weight excluding hydrogens is 652 g/mol. The summed E-state index contributed by atoms with van der Waals surface area (Å²) < 4.78 is 11.9. The predicted molar refractivity (Wildman–Crippen MR) is 186 cm³/mol. The van der Waals surface area contributed by atoms with Gasteiger partial charge in [0.25, 0.3) is 17.7 Å². The number of piperidine rings is 1. The van der Waals surface area contributed by atoms with Crippen LogP contribution in [0, 0.1) is 0 Å². The van der Waals surface area contributed by atoms with E-state index in [-0.39, 0.29) is 47.7 Å². The van der Waals surface area contributed by atoms with Crippen LogP contribution < -0.4 is 25.4 Å². The van der Waals surface area contributed by atoms with Crippen molar-refractivity contribution < 1.29 is 33.4 Å². The standard InChI is InChI=1S/C38H38N6O7/c1-38(2,24-7-12-28(13-8-24)51-22-26-17-19-41-33(42-26)35(47)39-3)23-5-10-27(11-6-23)50-20-4-18-40-25-9-14-29-30(21-25)37(49)44(36(29)48)31-15-16-32(45)43-34(31)46/h5-14,17,19,21,31,40H,4,15-16,18,20,22H2,1-3H3,(H,39,47)(H,43,45,46). The monoisotopic (exact) mass is 690 g/mol. The first-order valence-corrected chi connectivity index (χ1v) is 16.7. The molecule has 51 heavy (non-hydrogen) atoms. The van der Waals surface area contributed by atoms with Gasteiger partial charge in [-0.1, -0.05) is 38.1 Å². The first-order valence-electron chi connectivity index (χ1n) is 16.7. The second-order valence-corrected chi connectivity index (χ2v) is 12.7. The van der Waals surface area contributed by atoms with Crippen molar-refractivity contribution in [1.29, 1.82) is 0 Å². The number of imide groups is 2. The molecule has 2 aliphatic heterocycles. The number of carbonyl (C=O) groups is 5. The molecule has 1 saturated heterocycles.